The molecule has 3 atom stereocenters. The van der Waals surface area contributed by atoms with Gasteiger partial charge in [0, 0.05) is 30.1 Å². The third-order valence-electron chi connectivity index (χ3n) is 8.22. The second-order valence-corrected chi connectivity index (χ2v) is 10.3. The zero-order valence-electron chi connectivity index (χ0n) is 17.6. The Morgan fingerprint density at radius 1 is 1.27 bits per heavy atom. The van der Waals surface area contributed by atoms with Gasteiger partial charge in [-0.1, -0.05) is 0 Å². The van der Waals surface area contributed by atoms with E-state index in [1.54, 1.807) is 10.7 Å². The molecule has 2 saturated heterocycles. The molecule has 3 saturated carbocycles. The zero-order chi connectivity index (χ0) is 20.8. The van der Waals surface area contributed by atoms with Crippen LogP contribution in [0.15, 0.2) is 12.1 Å². The normalized spacial score (nSPS) is 33.1. The summed E-state index contributed by atoms with van der Waals surface area (Å²) in [7, 11) is 1.87. The van der Waals surface area contributed by atoms with Gasteiger partial charge in [0.25, 0.3) is 0 Å². The number of aryl methyl sites for hydroxylation is 1. The van der Waals surface area contributed by atoms with E-state index in [1.165, 1.54) is 6.07 Å². The lowest BCUT2D eigenvalue weighted by molar-refractivity contribution is -0.154. The number of rotatable bonds is 3. The van der Waals surface area contributed by atoms with Crippen LogP contribution >= 0.6 is 0 Å². The Hall–Kier alpha value is -2.42. The number of amides is 1. The van der Waals surface area contributed by atoms with Crippen LogP contribution in [-0.4, -0.2) is 32.7 Å². The molecule has 1 aromatic carbocycles. The maximum atomic E-state index is 14.8. The fourth-order valence-corrected chi connectivity index (χ4v) is 6.92. The fourth-order valence-electron chi connectivity index (χ4n) is 6.92. The minimum atomic E-state index is -0.413. The first kappa shape index (κ1) is 18.4. The summed E-state index contributed by atoms with van der Waals surface area (Å²) in [4.78, 5) is 15.9. The molecule has 156 valence electrons. The van der Waals surface area contributed by atoms with Crippen molar-refractivity contribution in [1.82, 2.24) is 14.7 Å². The van der Waals surface area contributed by atoms with E-state index in [-0.39, 0.29) is 35.1 Å². The lowest BCUT2D eigenvalue weighted by atomic mass is 9.56. The quantitative estimate of drug-likeness (QED) is 0.760. The van der Waals surface area contributed by atoms with Gasteiger partial charge in [0.1, 0.15) is 5.82 Å². The summed E-state index contributed by atoms with van der Waals surface area (Å²) < 4.78 is 16.6. The van der Waals surface area contributed by atoms with Crippen molar-refractivity contribution in [2.45, 2.75) is 75.8 Å². The van der Waals surface area contributed by atoms with Gasteiger partial charge >= 0.3 is 0 Å². The Labute approximate surface area is 175 Å². The van der Waals surface area contributed by atoms with E-state index in [1.807, 2.05) is 14.0 Å². The first-order valence-corrected chi connectivity index (χ1v) is 11.3. The van der Waals surface area contributed by atoms with E-state index in [4.69, 9.17) is 5.10 Å². The molecule has 5 fully saturated rings. The average Bonchev–Trinajstić information content (AvgIpc) is 3.49. The summed E-state index contributed by atoms with van der Waals surface area (Å²) >= 11 is 0. The number of aromatic nitrogens is 2. The number of hydrogen-bond acceptors (Lipinski definition) is 3. The van der Waals surface area contributed by atoms with Crippen molar-refractivity contribution in [2.24, 2.45) is 18.4 Å². The standard InChI is InChI=1S/C24H27FN4O/c1-13(22-21-19(28(2)27-22)6-5-18(25)20(21)15-3-4-15)23(30)29-16-7-14-8-17(29)11-24(9-14,10-16)12-26/h5-6,13-17H,3-4,7-11H2,1-2H3. The van der Waals surface area contributed by atoms with Gasteiger partial charge in [0.15, 0.2) is 0 Å². The van der Waals surface area contributed by atoms with Crippen LogP contribution in [0.1, 0.15) is 75.0 Å². The number of fused-ring (bicyclic) bond motifs is 1. The van der Waals surface area contributed by atoms with Gasteiger partial charge in [-0.2, -0.15) is 10.4 Å². The Kier molecular flexibility index (Phi) is 3.71. The minimum absolute atomic E-state index is 0.0999. The van der Waals surface area contributed by atoms with Crippen molar-refractivity contribution in [3.05, 3.63) is 29.2 Å². The number of nitriles is 1. The van der Waals surface area contributed by atoms with Crippen LogP contribution in [0.3, 0.4) is 0 Å². The van der Waals surface area contributed by atoms with E-state index >= 15 is 0 Å². The van der Waals surface area contributed by atoms with Crippen LogP contribution in [0.5, 0.6) is 0 Å². The smallest absolute Gasteiger partial charge is 0.232 e. The molecule has 1 amide bonds. The van der Waals surface area contributed by atoms with Crippen LogP contribution in [0.2, 0.25) is 0 Å². The molecule has 3 aliphatic carbocycles. The molecule has 30 heavy (non-hydrogen) atoms. The predicted octanol–water partition coefficient (Wildman–Crippen LogP) is 4.38. The Morgan fingerprint density at radius 2 is 1.97 bits per heavy atom. The van der Waals surface area contributed by atoms with Gasteiger partial charge in [0.05, 0.1) is 28.6 Å². The molecule has 5 nitrogen and oxygen atoms in total. The van der Waals surface area contributed by atoms with Crippen LogP contribution < -0.4 is 0 Å². The molecular formula is C24H27FN4O. The lowest BCUT2D eigenvalue weighted by Gasteiger charge is -2.59. The van der Waals surface area contributed by atoms with Crippen molar-refractivity contribution in [3.8, 4) is 6.07 Å². The van der Waals surface area contributed by atoms with E-state index in [0.29, 0.717) is 11.6 Å². The van der Waals surface area contributed by atoms with Crippen molar-refractivity contribution in [1.29, 1.82) is 5.26 Å². The van der Waals surface area contributed by atoms with E-state index in [0.717, 1.165) is 61.4 Å². The number of carbonyl (C=O) groups is 1. The summed E-state index contributed by atoms with van der Waals surface area (Å²) in [6.45, 7) is 1.93. The molecule has 2 aliphatic heterocycles. The SMILES string of the molecule is CC(C(=O)N1C2CC3CC1CC(C#N)(C3)C2)c1nn(C)c2ccc(F)c(C3CC3)c12. The summed E-state index contributed by atoms with van der Waals surface area (Å²) in [5.74, 6) is 0.333. The van der Waals surface area contributed by atoms with Gasteiger partial charge < -0.3 is 4.90 Å². The number of hydrogen-bond donors (Lipinski definition) is 0. The van der Waals surface area contributed by atoms with Crippen LogP contribution in [-0.2, 0) is 11.8 Å². The molecule has 4 bridgehead atoms. The molecule has 6 heteroatoms. The second-order valence-electron chi connectivity index (χ2n) is 10.3. The number of halogens is 1. The molecule has 1 aromatic heterocycles. The van der Waals surface area contributed by atoms with Gasteiger partial charge in [-0.3, -0.25) is 9.48 Å². The third kappa shape index (κ3) is 2.44. The average molecular weight is 407 g/mol. The zero-order valence-corrected chi connectivity index (χ0v) is 17.6. The first-order valence-electron chi connectivity index (χ1n) is 11.3. The van der Waals surface area contributed by atoms with Crippen LogP contribution in [0.4, 0.5) is 4.39 Å². The first-order chi connectivity index (χ1) is 14.4. The molecule has 5 aliphatic rings. The Bertz CT molecular complexity index is 1090. The van der Waals surface area contributed by atoms with E-state index in [2.05, 4.69) is 11.0 Å². The number of benzene rings is 1. The highest BCUT2D eigenvalue weighted by Gasteiger charge is 2.56. The number of piperidine rings is 2. The fraction of sp³-hybridized carbons (Fsp3) is 0.625. The topological polar surface area (TPSA) is 61.9 Å². The molecule has 0 radical (unpaired) electrons. The van der Waals surface area contributed by atoms with Crippen LogP contribution in [0.25, 0.3) is 10.9 Å². The summed E-state index contributed by atoms with van der Waals surface area (Å²) in [5.41, 5.74) is 2.13. The summed E-state index contributed by atoms with van der Waals surface area (Å²) in [6, 6.07) is 6.25. The molecule has 7 rings (SSSR count). The van der Waals surface area contributed by atoms with Crippen molar-refractivity contribution in [2.75, 3.05) is 0 Å². The minimum Gasteiger partial charge on any atom is -0.336 e. The highest BCUT2D eigenvalue weighted by atomic mass is 19.1. The van der Waals surface area contributed by atoms with E-state index in [9.17, 15) is 14.4 Å². The Balaban J connectivity index is 1.39. The summed E-state index contributed by atoms with van der Waals surface area (Å²) in [6.07, 6.45) is 6.65. The number of carbonyl (C=O) groups excluding carboxylic acids is 1. The maximum absolute atomic E-state index is 14.8. The van der Waals surface area contributed by atoms with Crippen molar-refractivity contribution < 1.29 is 9.18 Å². The molecule has 0 N–H and O–H groups in total. The highest BCUT2D eigenvalue weighted by molar-refractivity contribution is 5.93. The monoisotopic (exact) mass is 406 g/mol. The van der Waals surface area contributed by atoms with Gasteiger partial charge in [0.2, 0.25) is 5.91 Å². The highest BCUT2D eigenvalue weighted by Crippen LogP contribution is 2.56. The van der Waals surface area contributed by atoms with Crippen molar-refractivity contribution >= 4 is 16.8 Å². The Morgan fingerprint density at radius 3 is 2.60 bits per heavy atom. The van der Waals surface area contributed by atoms with Crippen LogP contribution in [0, 0.1) is 28.5 Å². The van der Waals surface area contributed by atoms with E-state index < -0.39 is 5.92 Å². The largest absolute Gasteiger partial charge is 0.336 e. The molecular weight excluding hydrogens is 379 g/mol. The van der Waals surface area contributed by atoms with Gasteiger partial charge in [-0.25, -0.2) is 4.39 Å². The molecule has 3 heterocycles. The summed E-state index contributed by atoms with van der Waals surface area (Å²) in [5, 5.41) is 15.3. The molecule has 2 aromatic rings. The molecule has 3 unspecified atom stereocenters. The van der Waals surface area contributed by atoms with Gasteiger partial charge in [-0.05, 0) is 75.8 Å². The third-order valence-corrected chi connectivity index (χ3v) is 8.22. The van der Waals surface area contributed by atoms with Crippen molar-refractivity contribution in [3.63, 3.8) is 0 Å². The van der Waals surface area contributed by atoms with Gasteiger partial charge in [-0.15, -0.1) is 0 Å². The maximum Gasteiger partial charge on any atom is 0.232 e. The molecule has 0 spiro atoms. The second kappa shape index (κ2) is 6.06. The number of nitrogens with zero attached hydrogens (tertiary/aromatic N) is 4. The lowest BCUT2D eigenvalue weighted by Crippen LogP contribution is -2.63. The predicted molar refractivity (Wildman–Crippen MR) is 110 cm³/mol.